The molecule has 0 aliphatic carbocycles. The van der Waals surface area contributed by atoms with Crippen molar-refractivity contribution in [3.63, 3.8) is 0 Å². The van der Waals surface area contributed by atoms with Gasteiger partial charge in [-0.15, -0.1) is 0 Å². The van der Waals surface area contributed by atoms with Crippen molar-refractivity contribution in [1.82, 2.24) is 4.90 Å². The van der Waals surface area contributed by atoms with Crippen molar-refractivity contribution >= 4 is 11.5 Å². The Labute approximate surface area is 113 Å². The number of Topliss-reactive ketones (excluding diaryl/α,β-unsaturated/α-hetero) is 1. The molecule has 0 saturated heterocycles. The van der Waals surface area contributed by atoms with E-state index >= 15 is 0 Å². The minimum absolute atomic E-state index is 0.110. The third-order valence-corrected chi connectivity index (χ3v) is 2.94. The first kappa shape index (κ1) is 13.3. The number of benzene rings is 2. The quantitative estimate of drug-likeness (QED) is 0.659. The van der Waals surface area contributed by atoms with Gasteiger partial charge in [0.25, 0.3) is 0 Å². The zero-order chi connectivity index (χ0) is 13.7. The molecular weight excluding hydrogens is 236 g/mol. The van der Waals surface area contributed by atoms with Crippen molar-refractivity contribution in [2.24, 2.45) is 0 Å². The number of rotatable bonds is 5. The first-order valence-electron chi connectivity index (χ1n) is 6.26. The van der Waals surface area contributed by atoms with Crippen LogP contribution in [0.2, 0.25) is 0 Å². The number of hydrogen-bond acceptors (Lipinski definition) is 3. The lowest BCUT2D eigenvalue weighted by molar-refractivity contribution is 0.0943. The number of ketones is 1. The summed E-state index contributed by atoms with van der Waals surface area (Å²) < 4.78 is 0. The van der Waals surface area contributed by atoms with Gasteiger partial charge in [0.15, 0.2) is 5.78 Å². The van der Waals surface area contributed by atoms with Gasteiger partial charge >= 0.3 is 0 Å². The number of nitrogens with zero attached hydrogens (tertiary/aromatic N) is 1. The maximum Gasteiger partial charge on any atom is 0.176 e. The molecule has 0 fully saturated rings. The molecule has 0 bridgehead atoms. The summed E-state index contributed by atoms with van der Waals surface area (Å²) in [6.07, 6.45) is 0. The Bertz CT molecular complexity index is 534. The van der Waals surface area contributed by atoms with E-state index in [2.05, 4.69) is 12.1 Å². The van der Waals surface area contributed by atoms with Crippen LogP contribution in [0.15, 0.2) is 54.6 Å². The second-order valence-electron chi connectivity index (χ2n) is 4.70. The van der Waals surface area contributed by atoms with Gasteiger partial charge in [0.2, 0.25) is 0 Å². The third kappa shape index (κ3) is 3.93. The number of nitrogen functional groups attached to an aromatic ring is 1. The van der Waals surface area contributed by atoms with Crippen LogP contribution < -0.4 is 5.73 Å². The molecule has 0 atom stereocenters. The van der Waals surface area contributed by atoms with Crippen molar-refractivity contribution in [3.05, 3.63) is 65.7 Å². The monoisotopic (exact) mass is 254 g/mol. The van der Waals surface area contributed by atoms with Gasteiger partial charge in [0, 0.05) is 17.8 Å². The van der Waals surface area contributed by atoms with Crippen molar-refractivity contribution in [2.45, 2.75) is 6.54 Å². The lowest BCUT2D eigenvalue weighted by atomic mass is 10.1. The summed E-state index contributed by atoms with van der Waals surface area (Å²) >= 11 is 0. The van der Waals surface area contributed by atoms with Crippen molar-refractivity contribution < 1.29 is 4.79 Å². The number of carbonyl (C=O) groups excluding carboxylic acids is 1. The highest BCUT2D eigenvalue weighted by Crippen LogP contribution is 2.08. The first-order chi connectivity index (χ1) is 9.15. The molecule has 0 amide bonds. The summed E-state index contributed by atoms with van der Waals surface area (Å²) in [5.41, 5.74) is 8.19. The largest absolute Gasteiger partial charge is 0.399 e. The van der Waals surface area contributed by atoms with E-state index < -0.39 is 0 Å². The van der Waals surface area contributed by atoms with Crippen molar-refractivity contribution in [2.75, 3.05) is 19.3 Å². The zero-order valence-corrected chi connectivity index (χ0v) is 11.0. The minimum atomic E-state index is 0.110. The van der Waals surface area contributed by atoms with E-state index in [-0.39, 0.29) is 5.78 Å². The second-order valence-corrected chi connectivity index (χ2v) is 4.70. The van der Waals surface area contributed by atoms with Gasteiger partial charge in [0.1, 0.15) is 0 Å². The Morgan fingerprint density at radius 2 is 1.68 bits per heavy atom. The van der Waals surface area contributed by atoms with E-state index in [1.807, 2.05) is 30.1 Å². The number of hydrogen-bond donors (Lipinski definition) is 1. The molecule has 0 saturated carbocycles. The molecule has 98 valence electrons. The molecule has 0 aliphatic heterocycles. The average molecular weight is 254 g/mol. The highest BCUT2D eigenvalue weighted by Gasteiger charge is 2.09. The summed E-state index contributed by atoms with van der Waals surface area (Å²) in [6.45, 7) is 1.17. The lowest BCUT2D eigenvalue weighted by Gasteiger charge is -2.15. The van der Waals surface area contributed by atoms with Crippen LogP contribution in [0, 0.1) is 0 Å². The molecule has 19 heavy (non-hydrogen) atoms. The van der Waals surface area contributed by atoms with Crippen LogP contribution in [0.3, 0.4) is 0 Å². The Hall–Kier alpha value is -2.13. The van der Waals surface area contributed by atoms with Gasteiger partial charge in [-0.05, 0) is 36.9 Å². The molecule has 2 aromatic rings. The Morgan fingerprint density at radius 3 is 2.32 bits per heavy atom. The summed E-state index contributed by atoms with van der Waals surface area (Å²) in [6, 6.07) is 17.2. The summed E-state index contributed by atoms with van der Waals surface area (Å²) in [5.74, 6) is 0.110. The highest BCUT2D eigenvalue weighted by atomic mass is 16.1. The average Bonchev–Trinajstić information content (AvgIpc) is 2.40. The molecule has 0 spiro atoms. The van der Waals surface area contributed by atoms with Crippen molar-refractivity contribution in [3.8, 4) is 0 Å². The van der Waals surface area contributed by atoms with E-state index in [1.54, 1.807) is 24.3 Å². The van der Waals surface area contributed by atoms with E-state index in [1.165, 1.54) is 5.56 Å². The molecule has 0 aromatic heterocycles. The van der Waals surface area contributed by atoms with Gasteiger partial charge < -0.3 is 5.73 Å². The Balaban J connectivity index is 1.93. The molecule has 0 heterocycles. The maximum atomic E-state index is 12.1. The van der Waals surface area contributed by atoms with Crippen LogP contribution in [0.4, 0.5) is 5.69 Å². The van der Waals surface area contributed by atoms with Gasteiger partial charge in [-0.2, -0.15) is 0 Å². The first-order valence-corrected chi connectivity index (χ1v) is 6.26. The van der Waals surface area contributed by atoms with Crippen LogP contribution in [-0.2, 0) is 6.54 Å². The second kappa shape index (κ2) is 6.16. The van der Waals surface area contributed by atoms with Gasteiger partial charge in [-0.3, -0.25) is 9.69 Å². The third-order valence-electron chi connectivity index (χ3n) is 2.94. The predicted molar refractivity (Wildman–Crippen MR) is 78.0 cm³/mol. The van der Waals surface area contributed by atoms with E-state index in [0.717, 1.165) is 6.54 Å². The Morgan fingerprint density at radius 1 is 1.05 bits per heavy atom. The van der Waals surface area contributed by atoms with E-state index in [0.29, 0.717) is 17.8 Å². The number of nitrogens with two attached hydrogens (primary N) is 1. The van der Waals surface area contributed by atoms with Crippen LogP contribution in [0.5, 0.6) is 0 Å². The van der Waals surface area contributed by atoms with Crippen LogP contribution >= 0.6 is 0 Å². The Kier molecular flexibility index (Phi) is 4.31. The molecule has 3 nitrogen and oxygen atoms in total. The van der Waals surface area contributed by atoms with Gasteiger partial charge in [0.05, 0.1) is 6.54 Å². The number of carbonyl (C=O) groups is 1. The summed E-state index contributed by atoms with van der Waals surface area (Å²) in [4.78, 5) is 14.1. The normalized spacial score (nSPS) is 10.6. The SMILES string of the molecule is CN(CC(=O)c1ccc(N)cc1)Cc1ccccc1. The van der Waals surface area contributed by atoms with Gasteiger partial charge in [-0.1, -0.05) is 30.3 Å². The number of anilines is 1. The van der Waals surface area contributed by atoms with Crippen LogP contribution in [0.1, 0.15) is 15.9 Å². The lowest BCUT2D eigenvalue weighted by Crippen LogP contribution is -2.25. The molecule has 0 aliphatic rings. The van der Waals surface area contributed by atoms with Crippen molar-refractivity contribution in [1.29, 1.82) is 0 Å². The molecule has 2 rings (SSSR count). The fourth-order valence-electron chi connectivity index (χ4n) is 1.96. The fraction of sp³-hybridized carbons (Fsp3) is 0.188. The summed E-state index contributed by atoms with van der Waals surface area (Å²) in [7, 11) is 1.95. The van der Waals surface area contributed by atoms with Gasteiger partial charge in [-0.25, -0.2) is 0 Å². The topological polar surface area (TPSA) is 46.3 Å². The van der Waals surface area contributed by atoms with E-state index in [4.69, 9.17) is 5.73 Å². The number of likely N-dealkylation sites (N-methyl/N-ethyl adjacent to an activating group) is 1. The zero-order valence-electron chi connectivity index (χ0n) is 11.0. The van der Waals surface area contributed by atoms with E-state index in [9.17, 15) is 4.79 Å². The van der Waals surface area contributed by atoms with Crippen LogP contribution in [0.25, 0.3) is 0 Å². The summed E-state index contributed by atoms with van der Waals surface area (Å²) in [5, 5.41) is 0. The molecular formula is C16H18N2O. The van der Waals surface area contributed by atoms with Crippen LogP contribution in [-0.4, -0.2) is 24.3 Å². The molecule has 0 radical (unpaired) electrons. The smallest absolute Gasteiger partial charge is 0.176 e. The molecule has 3 heteroatoms. The molecule has 2 N–H and O–H groups in total. The standard InChI is InChI=1S/C16H18N2O/c1-18(11-13-5-3-2-4-6-13)12-16(19)14-7-9-15(17)10-8-14/h2-10H,11-12,17H2,1H3. The fourth-order valence-corrected chi connectivity index (χ4v) is 1.96. The minimum Gasteiger partial charge on any atom is -0.399 e. The highest BCUT2D eigenvalue weighted by molar-refractivity contribution is 5.97. The maximum absolute atomic E-state index is 12.1. The molecule has 0 unspecified atom stereocenters. The molecule has 2 aromatic carbocycles. The predicted octanol–water partition coefficient (Wildman–Crippen LogP) is 2.58.